The second kappa shape index (κ2) is 11.7. The van der Waals surface area contributed by atoms with E-state index in [1.165, 1.54) is 4.57 Å². The number of halogens is 1. The third kappa shape index (κ3) is 5.61. The normalized spacial score (nSPS) is 17.4. The zero-order valence-electron chi connectivity index (χ0n) is 19.2. The highest BCUT2D eigenvalue weighted by molar-refractivity contribution is 5.93. The molecular formula is C21H27FN4O10. The van der Waals surface area contributed by atoms with Crippen molar-refractivity contribution >= 4 is 28.8 Å². The molecule has 3 heterocycles. The molecule has 0 saturated carbocycles. The number of aromatic nitrogens is 2. The first-order valence-corrected chi connectivity index (χ1v) is 11.1. The smallest absolute Gasteiger partial charge is 0.391 e. The fourth-order valence-corrected chi connectivity index (χ4v) is 3.60. The molecule has 1 aliphatic heterocycles. The number of aryl methyl sites for hydroxylation is 1. The van der Waals surface area contributed by atoms with Crippen molar-refractivity contribution in [2.45, 2.75) is 37.9 Å². The van der Waals surface area contributed by atoms with E-state index >= 15 is 0 Å². The van der Waals surface area contributed by atoms with Crippen molar-refractivity contribution in [3.8, 4) is 0 Å². The first-order chi connectivity index (χ1) is 17.1. The quantitative estimate of drug-likeness (QED) is 0.154. The van der Waals surface area contributed by atoms with Crippen LogP contribution in [0.25, 0.3) is 11.0 Å². The van der Waals surface area contributed by atoms with E-state index in [9.17, 15) is 39.2 Å². The van der Waals surface area contributed by atoms with Gasteiger partial charge in [-0.3, -0.25) is 4.79 Å². The van der Waals surface area contributed by atoms with Crippen molar-refractivity contribution in [1.82, 2.24) is 14.9 Å². The lowest BCUT2D eigenvalue weighted by atomic mass is 10.0. The minimum Gasteiger partial charge on any atom is -0.394 e. The number of hydrogen-bond acceptors (Lipinski definition) is 13. The van der Waals surface area contributed by atoms with Gasteiger partial charge in [0.25, 0.3) is 0 Å². The molecule has 4 unspecified atom stereocenters. The third-order valence-electron chi connectivity index (χ3n) is 5.66. The zero-order valence-corrected chi connectivity index (χ0v) is 19.2. The van der Waals surface area contributed by atoms with Crippen molar-refractivity contribution in [3.63, 3.8) is 0 Å². The number of carbonyl (C=O) groups is 2. The fraction of sp³-hybridized carbons (Fsp3) is 0.524. The van der Waals surface area contributed by atoms with E-state index in [-0.39, 0.29) is 23.4 Å². The number of carbonyl (C=O) groups excluding carboxylic acids is 2. The van der Waals surface area contributed by atoms with E-state index in [0.29, 0.717) is 26.2 Å². The van der Waals surface area contributed by atoms with Crippen molar-refractivity contribution < 1.29 is 49.3 Å². The first kappa shape index (κ1) is 27.4. The molecule has 36 heavy (non-hydrogen) atoms. The van der Waals surface area contributed by atoms with Crippen LogP contribution in [0.4, 0.5) is 10.2 Å². The molecule has 2 aromatic heterocycles. The van der Waals surface area contributed by atoms with Gasteiger partial charge < -0.3 is 40.3 Å². The SMILES string of the molecule is CCn1cc(C(=O)OOC(=O)C(O)C(O)C(O)C(O)CO)c(=O)c2cc(F)c(N3CCNCC3)nc21. The molecular weight excluding hydrogens is 487 g/mol. The van der Waals surface area contributed by atoms with Crippen molar-refractivity contribution in [1.29, 1.82) is 0 Å². The number of aliphatic hydroxyl groups excluding tert-OH is 5. The number of pyridine rings is 2. The Kier molecular flexibility index (Phi) is 8.89. The Morgan fingerprint density at radius 3 is 2.44 bits per heavy atom. The summed E-state index contributed by atoms with van der Waals surface area (Å²) in [6.07, 6.45) is -7.68. The number of nitrogens with zero attached hydrogens (tertiary/aromatic N) is 3. The van der Waals surface area contributed by atoms with E-state index in [4.69, 9.17) is 5.11 Å². The predicted octanol–water partition coefficient (Wildman–Crippen LogP) is -2.98. The highest BCUT2D eigenvalue weighted by atomic mass is 19.1. The molecule has 0 radical (unpaired) electrons. The number of rotatable bonds is 8. The number of hydrogen-bond donors (Lipinski definition) is 6. The molecule has 0 aliphatic carbocycles. The zero-order chi connectivity index (χ0) is 26.6. The Labute approximate surface area is 203 Å². The van der Waals surface area contributed by atoms with Crippen LogP contribution in [-0.2, 0) is 21.1 Å². The lowest BCUT2D eigenvalue weighted by Crippen LogP contribution is -2.49. The second-order valence-corrected chi connectivity index (χ2v) is 8.01. The summed E-state index contributed by atoms with van der Waals surface area (Å²) in [7, 11) is 0. The van der Waals surface area contributed by atoms with Gasteiger partial charge in [0.05, 0.1) is 12.0 Å². The van der Waals surface area contributed by atoms with Crippen LogP contribution < -0.4 is 15.6 Å². The first-order valence-electron chi connectivity index (χ1n) is 11.1. The highest BCUT2D eigenvalue weighted by Gasteiger charge is 2.36. The third-order valence-corrected chi connectivity index (χ3v) is 5.66. The maximum absolute atomic E-state index is 14.9. The van der Waals surface area contributed by atoms with Gasteiger partial charge in [0.15, 0.2) is 17.7 Å². The van der Waals surface area contributed by atoms with Gasteiger partial charge in [0, 0.05) is 38.9 Å². The highest BCUT2D eigenvalue weighted by Crippen LogP contribution is 2.22. The van der Waals surface area contributed by atoms with Gasteiger partial charge in [-0.15, -0.1) is 0 Å². The maximum Gasteiger partial charge on any atom is 0.391 e. The second-order valence-electron chi connectivity index (χ2n) is 8.01. The van der Waals surface area contributed by atoms with Crippen LogP contribution in [-0.4, -0.2) is 104 Å². The van der Waals surface area contributed by atoms with Crippen molar-refractivity contribution in [2.75, 3.05) is 37.7 Å². The summed E-state index contributed by atoms with van der Waals surface area (Å²) in [6.45, 7) is 3.24. The van der Waals surface area contributed by atoms with Gasteiger partial charge in [0.2, 0.25) is 5.43 Å². The molecule has 0 aromatic carbocycles. The average molecular weight is 514 g/mol. The Balaban J connectivity index is 1.82. The van der Waals surface area contributed by atoms with E-state index in [1.54, 1.807) is 11.8 Å². The van der Waals surface area contributed by atoms with Gasteiger partial charge in [-0.1, -0.05) is 0 Å². The molecule has 1 saturated heterocycles. The Hall–Kier alpha value is -3.21. The molecule has 2 aromatic rings. The van der Waals surface area contributed by atoms with Crippen molar-refractivity contribution in [3.05, 3.63) is 33.9 Å². The molecule has 0 bridgehead atoms. The number of aliphatic hydroxyl groups is 5. The summed E-state index contributed by atoms with van der Waals surface area (Å²) in [5.74, 6) is -3.88. The molecule has 6 N–H and O–H groups in total. The number of fused-ring (bicyclic) bond motifs is 1. The monoisotopic (exact) mass is 514 g/mol. The Bertz CT molecular complexity index is 1170. The van der Waals surface area contributed by atoms with E-state index in [0.717, 1.165) is 12.3 Å². The minimum absolute atomic E-state index is 0.0657. The standard InChI is InChI=1S/C21H27FN4O10/c1-2-25-8-11(20(33)35-36-21(34)17(32)16(31)15(30)13(28)9-27)14(29)10-7-12(22)19(24-18(10)25)26-5-3-23-4-6-26/h7-8,13,15-17,23,27-28,30-32H,2-6,9H2,1H3. The maximum atomic E-state index is 14.9. The molecule has 198 valence electrons. The van der Waals surface area contributed by atoms with Crippen LogP contribution in [0.3, 0.4) is 0 Å². The van der Waals surface area contributed by atoms with Gasteiger partial charge >= 0.3 is 11.9 Å². The van der Waals surface area contributed by atoms with Crippen LogP contribution >= 0.6 is 0 Å². The van der Waals surface area contributed by atoms with E-state index < -0.39 is 59.8 Å². The molecule has 1 aliphatic rings. The summed E-state index contributed by atoms with van der Waals surface area (Å²) >= 11 is 0. The summed E-state index contributed by atoms with van der Waals surface area (Å²) < 4.78 is 16.3. The number of nitrogens with one attached hydrogen (secondary N) is 1. The van der Waals surface area contributed by atoms with Crippen LogP contribution in [0, 0.1) is 5.82 Å². The van der Waals surface area contributed by atoms with Crippen LogP contribution in [0.15, 0.2) is 17.1 Å². The number of piperazine rings is 1. The Morgan fingerprint density at radius 1 is 1.17 bits per heavy atom. The van der Waals surface area contributed by atoms with Gasteiger partial charge in [0.1, 0.15) is 29.5 Å². The summed E-state index contributed by atoms with van der Waals surface area (Å²) in [4.78, 5) is 51.7. The fourth-order valence-electron chi connectivity index (χ4n) is 3.60. The molecule has 0 spiro atoms. The Morgan fingerprint density at radius 2 is 1.83 bits per heavy atom. The largest absolute Gasteiger partial charge is 0.394 e. The molecule has 4 atom stereocenters. The molecule has 14 nitrogen and oxygen atoms in total. The van der Waals surface area contributed by atoms with E-state index in [1.807, 2.05) is 0 Å². The molecule has 1 fully saturated rings. The van der Waals surface area contributed by atoms with Crippen LogP contribution in [0.2, 0.25) is 0 Å². The van der Waals surface area contributed by atoms with E-state index in [2.05, 4.69) is 20.1 Å². The van der Waals surface area contributed by atoms with Crippen LogP contribution in [0.1, 0.15) is 17.3 Å². The minimum atomic E-state index is -2.47. The van der Waals surface area contributed by atoms with Crippen molar-refractivity contribution in [2.24, 2.45) is 0 Å². The molecule has 15 heteroatoms. The summed E-state index contributed by atoms with van der Waals surface area (Å²) in [5, 5.41) is 50.0. The summed E-state index contributed by atoms with van der Waals surface area (Å²) in [6, 6.07) is 0.963. The van der Waals surface area contributed by atoms with Crippen LogP contribution in [0.5, 0.6) is 0 Å². The predicted molar refractivity (Wildman–Crippen MR) is 119 cm³/mol. The molecule has 3 rings (SSSR count). The summed E-state index contributed by atoms with van der Waals surface area (Å²) in [5.41, 5.74) is -1.45. The lowest BCUT2D eigenvalue weighted by Gasteiger charge is -2.29. The topological polar surface area (TPSA) is 204 Å². The number of anilines is 1. The lowest BCUT2D eigenvalue weighted by molar-refractivity contribution is -0.248. The average Bonchev–Trinajstić information content (AvgIpc) is 2.90. The van der Waals surface area contributed by atoms with Gasteiger partial charge in [-0.2, -0.15) is 0 Å². The molecule has 0 amide bonds. The van der Waals surface area contributed by atoms with Gasteiger partial charge in [-0.05, 0) is 13.0 Å². The van der Waals surface area contributed by atoms with Gasteiger partial charge in [-0.25, -0.2) is 28.7 Å².